The third-order valence-corrected chi connectivity index (χ3v) is 4.58. The molecule has 2 unspecified atom stereocenters. The van der Waals surface area contributed by atoms with Crippen LogP contribution in [0.15, 0.2) is 0 Å². The predicted octanol–water partition coefficient (Wildman–Crippen LogP) is 0.424. The molecule has 0 aromatic heterocycles. The zero-order valence-corrected chi connectivity index (χ0v) is 12.2. The summed E-state index contributed by atoms with van der Waals surface area (Å²) < 4.78 is 5.60. The Morgan fingerprint density at radius 1 is 1.33 bits per heavy atom. The van der Waals surface area contributed by atoms with Crippen molar-refractivity contribution in [2.45, 2.75) is 19.4 Å². The number of nitrogens with zero attached hydrogens (tertiary/aromatic N) is 2. The van der Waals surface area contributed by atoms with Gasteiger partial charge < -0.3 is 10.1 Å². The first-order chi connectivity index (χ1) is 8.25. The van der Waals surface area contributed by atoms with Crippen LogP contribution in [0.2, 0.25) is 0 Å². The van der Waals surface area contributed by atoms with Gasteiger partial charge in [-0.2, -0.15) is 0 Å². The Balaban J connectivity index is 0.00000120. The van der Waals surface area contributed by atoms with E-state index >= 15 is 0 Å². The lowest BCUT2D eigenvalue weighted by atomic mass is 9.88. The summed E-state index contributed by atoms with van der Waals surface area (Å²) in [5, 5.41) is 3.50. The molecule has 18 heavy (non-hydrogen) atoms. The van der Waals surface area contributed by atoms with Gasteiger partial charge in [0.1, 0.15) is 0 Å². The molecule has 3 rings (SSSR count). The largest absolute Gasteiger partial charge is 0.378 e. The van der Waals surface area contributed by atoms with Gasteiger partial charge >= 0.3 is 0 Å². The molecule has 0 aromatic rings. The minimum atomic E-state index is 0. The van der Waals surface area contributed by atoms with Crippen LogP contribution in [0.1, 0.15) is 13.3 Å². The highest BCUT2D eigenvalue weighted by molar-refractivity contribution is 5.85. The van der Waals surface area contributed by atoms with Gasteiger partial charge in [-0.3, -0.25) is 9.80 Å². The molecule has 0 saturated carbocycles. The zero-order chi connectivity index (χ0) is 11.7. The smallest absolute Gasteiger partial charge is 0.0634 e. The van der Waals surface area contributed by atoms with Gasteiger partial charge in [0.25, 0.3) is 0 Å². The molecular weight excluding hydrogens is 250 g/mol. The lowest BCUT2D eigenvalue weighted by molar-refractivity contribution is -0.0500. The van der Waals surface area contributed by atoms with Crippen molar-refractivity contribution in [3.63, 3.8) is 0 Å². The van der Waals surface area contributed by atoms with E-state index in [2.05, 4.69) is 22.0 Å². The maximum absolute atomic E-state index is 5.60. The van der Waals surface area contributed by atoms with Crippen LogP contribution in [-0.4, -0.2) is 74.9 Å². The number of nitrogens with one attached hydrogen (secondary N) is 1. The van der Waals surface area contributed by atoms with E-state index in [1.807, 2.05) is 0 Å². The summed E-state index contributed by atoms with van der Waals surface area (Å²) in [7, 11) is 0. The first kappa shape index (κ1) is 14.5. The van der Waals surface area contributed by atoms with Crippen molar-refractivity contribution in [1.29, 1.82) is 0 Å². The molecule has 3 saturated heterocycles. The fourth-order valence-corrected chi connectivity index (χ4v) is 3.50. The third kappa shape index (κ3) is 3.17. The fraction of sp³-hybridized carbons (Fsp3) is 1.00. The molecule has 3 aliphatic heterocycles. The molecule has 4 nitrogen and oxygen atoms in total. The normalized spacial score (nSPS) is 38.2. The van der Waals surface area contributed by atoms with Gasteiger partial charge in [0.15, 0.2) is 0 Å². The summed E-state index contributed by atoms with van der Waals surface area (Å²) in [6, 6.07) is 0.649. The van der Waals surface area contributed by atoms with Crippen molar-refractivity contribution in [3.05, 3.63) is 0 Å². The molecule has 3 heterocycles. The van der Waals surface area contributed by atoms with Crippen LogP contribution < -0.4 is 5.32 Å². The summed E-state index contributed by atoms with van der Waals surface area (Å²) in [6.07, 6.45) is 1.33. The summed E-state index contributed by atoms with van der Waals surface area (Å²) in [5.74, 6) is 0. The SMILES string of the molecule is CC1(CN2CCN3CCOCC3C2)CCNC1.Cl. The molecule has 0 amide bonds. The van der Waals surface area contributed by atoms with Crippen LogP contribution in [0.4, 0.5) is 0 Å². The Bertz CT molecular complexity index is 271. The van der Waals surface area contributed by atoms with Crippen molar-refractivity contribution < 1.29 is 4.74 Å². The highest BCUT2D eigenvalue weighted by atomic mass is 35.5. The average molecular weight is 276 g/mol. The Labute approximate surface area is 116 Å². The van der Waals surface area contributed by atoms with E-state index in [-0.39, 0.29) is 12.4 Å². The first-order valence-corrected chi connectivity index (χ1v) is 7.00. The molecule has 3 fully saturated rings. The van der Waals surface area contributed by atoms with Crippen molar-refractivity contribution in [2.24, 2.45) is 5.41 Å². The second-order valence-corrected chi connectivity index (χ2v) is 6.24. The van der Waals surface area contributed by atoms with Crippen LogP contribution in [0.5, 0.6) is 0 Å². The maximum atomic E-state index is 5.60. The van der Waals surface area contributed by atoms with Gasteiger partial charge in [-0.15, -0.1) is 12.4 Å². The third-order valence-electron chi connectivity index (χ3n) is 4.58. The number of fused-ring (bicyclic) bond motifs is 1. The standard InChI is InChI=1S/C13H25N3O.ClH/c1-13(2-3-14-10-13)11-15-4-5-16-6-7-17-9-12(16)8-15;/h12,14H,2-11H2,1H3;1H. The number of ether oxygens (including phenoxy) is 1. The van der Waals surface area contributed by atoms with Crippen molar-refractivity contribution in [1.82, 2.24) is 15.1 Å². The van der Waals surface area contributed by atoms with Gasteiger partial charge in [-0.05, 0) is 18.4 Å². The zero-order valence-electron chi connectivity index (χ0n) is 11.4. The van der Waals surface area contributed by atoms with Gasteiger partial charge in [0.2, 0.25) is 0 Å². The molecule has 5 heteroatoms. The quantitative estimate of drug-likeness (QED) is 0.791. The highest BCUT2D eigenvalue weighted by Crippen LogP contribution is 2.27. The summed E-state index contributed by atoms with van der Waals surface area (Å²) in [4.78, 5) is 5.26. The Morgan fingerprint density at radius 3 is 3.00 bits per heavy atom. The minimum Gasteiger partial charge on any atom is -0.378 e. The van der Waals surface area contributed by atoms with Gasteiger partial charge in [0, 0.05) is 45.3 Å². The Morgan fingerprint density at radius 2 is 2.22 bits per heavy atom. The molecule has 3 aliphatic rings. The number of hydrogen-bond acceptors (Lipinski definition) is 4. The lowest BCUT2D eigenvalue weighted by Crippen LogP contribution is -2.59. The van der Waals surface area contributed by atoms with Crippen LogP contribution in [0.3, 0.4) is 0 Å². The van der Waals surface area contributed by atoms with E-state index in [1.165, 1.54) is 45.7 Å². The minimum absolute atomic E-state index is 0. The number of rotatable bonds is 2. The number of piperazine rings is 1. The Kier molecular flexibility index (Phi) is 4.89. The van der Waals surface area contributed by atoms with Crippen LogP contribution in [0, 0.1) is 5.41 Å². The van der Waals surface area contributed by atoms with E-state index in [4.69, 9.17) is 4.74 Å². The number of halogens is 1. The molecule has 0 radical (unpaired) electrons. The number of morpholine rings is 1. The first-order valence-electron chi connectivity index (χ1n) is 7.00. The molecule has 0 aromatic carbocycles. The van der Waals surface area contributed by atoms with Crippen molar-refractivity contribution in [3.8, 4) is 0 Å². The van der Waals surface area contributed by atoms with Crippen LogP contribution >= 0.6 is 12.4 Å². The average Bonchev–Trinajstić information content (AvgIpc) is 2.76. The van der Waals surface area contributed by atoms with Crippen LogP contribution in [-0.2, 0) is 4.74 Å². The van der Waals surface area contributed by atoms with E-state index in [9.17, 15) is 0 Å². The summed E-state index contributed by atoms with van der Waals surface area (Å²) >= 11 is 0. The monoisotopic (exact) mass is 275 g/mol. The summed E-state index contributed by atoms with van der Waals surface area (Å²) in [5.41, 5.74) is 0.498. The second kappa shape index (κ2) is 6.06. The van der Waals surface area contributed by atoms with Crippen molar-refractivity contribution >= 4 is 12.4 Å². The second-order valence-electron chi connectivity index (χ2n) is 6.24. The maximum Gasteiger partial charge on any atom is 0.0634 e. The van der Waals surface area contributed by atoms with Gasteiger partial charge in [0.05, 0.1) is 13.2 Å². The molecule has 0 bridgehead atoms. The predicted molar refractivity (Wildman–Crippen MR) is 75.5 cm³/mol. The topological polar surface area (TPSA) is 27.7 Å². The van der Waals surface area contributed by atoms with E-state index in [0.717, 1.165) is 19.8 Å². The van der Waals surface area contributed by atoms with E-state index < -0.39 is 0 Å². The molecule has 2 atom stereocenters. The molecular formula is C13H26ClN3O. The van der Waals surface area contributed by atoms with Crippen molar-refractivity contribution in [2.75, 3.05) is 59.0 Å². The number of hydrogen-bond donors (Lipinski definition) is 1. The molecule has 0 spiro atoms. The van der Waals surface area contributed by atoms with Crippen LogP contribution in [0.25, 0.3) is 0 Å². The molecule has 1 N–H and O–H groups in total. The van der Waals surface area contributed by atoms with Gasteiger partial charge in [-0.25, -0.2) is 0 Å². The fourth-order valence-electron chi connectivity index (χ4n) is 3.50. The van der Waals surface area contributed by atoms with Gasteiger partial charge in [-0.1, -0.05) is 6.92 Å². The Hall–Kier alpha value is 0.130. The molecule has 0 aliphatic carbocycles. The highest BCUT2D eigenvalue weighted by Gasteiger charge is 2.35. The van der Waals surface area contributed by atoms with E-state index in [1.54, 1.807) is 0 Å². The summed E-state index contributed by atoms with van der Waals surface area (Å²) in [6.45, 7) is 12.7. The molecule has 106 valence electrons. The lowest BCUT2D eigenvalue weighted by Gasteiger charge is -2.45. The van der Waals surface area contributed by atoms with E-state index in [0.29, 0.717) is 11.5 Å².